The van der Waals surface area contributed by atoms with Crippen LogP contribution >= 0.6 is 22.7 Å². The molecule has 0 aliphatic rings. The predicted molar refractivity (Wildman–Crippen MR) is 227 cm³/mol. The highest BCUT2D eigenvalue weighted by Crippen LogP contribution is 2.39. The second kappa shape index (κ2) is 16.9. The van der Waals surface area contributed by atoms with Gasteiger partial charge in [-0.05, 0) is 119 Å². The lowest BCUT2D eigenvalue weighted by Crippen LogP contribution is -2.17. The normalized spacial score (nSPS) is 11.5. The van der Waals surface area contributed by atoms with Crippen molar-refractivity contribution in [2.45, 2.75) is 46.6 Å². The maximum absolute atomic E-state index is 13.0. The summed E-state index contributed by atoms with van der Waals surface area (Å²) in [4.78, 5) is 23.0. The first-order chi connectivity index (χ1) is 28.5. The highest BCUT2D eigenvalue weighted by Gasteiger charge is 2.33. The third-order valence-electron chi connectivity index (χ3n) is 9.59. The van der Waals surface area contributed by atoms with Gasteiger partial charge in [0.25, 0.3) is 0 Å². The maximum Gasteiger partial charge on any atom is 0.573 e. The lowest BCUT2D eigenvalue weighted by Gasteiger charge is -2.14. The number of phenols is 1. The Morgan fingerprint density at radius 3 is 1.83 bits per heavy atom. The van der Waals surface area contributed by atoms with Crippen LogP contribution in [0.15, 0.2) is 114 Å². The number of carboxylic acids is 2. The number of aromatic nitrogens is 1. The summed E-state index contributed by atoms with van der Waals surface area (Å²) in [6, 6.07) is 31.7. The molecule has 3 N–H and O–H groups in total. The maximum atomic E-state index is 13.0. The Bertz CT molecular complexity index is 2890. The molecule has 0 fully saturated rings. The number of fused-ring (bicyclic) bond motifs is 2. The molecule has 9 nitrogen and oxygen atoms in total. The van der Waals surface area contributed by atoms with Crippen molar-refractivity contribution in [3.8, 4) is 50.8 Å². The first-order valence-corrected chi connectivity index (χ1v) is 20.1. The van der Waals surface area contributed by atoms with E-state index in [1.807, 2.05) is 88.4 Å². The molecule has 306 valence electrons. The lowest BCUT2D eigenvalue weighted by atomic mass is 9.99. The quantitative estimate of drug-likeness (QED) is 0.123. The van der Waals surface area contributed by atoms with Gasteiger partial charge < -0.3 is 29.3 Å². The van der Waals surface area contributed by atoms with Gasteiger partial charge in [0.15, 0.2) is 0 Å². The Labute approximate surface area is 349 Å². The van der Waals surface area contributed by atoms with Crippen molar-refractivity contribution < 1.29 is 52.1 Å². The fourth-order valence-electron chi connectivity index (χ4n) is 6.79. The van der Waals surface area contributed by atoms with E-state index in [1.54, 1.807) is 30.3 Å². The number of aromatic carboxylic acids is 2. The number of benzene rings is 5. The van der Waals surface area contributed by atoms with Crippen LogP contribution in [0.4, 0.5) is 13.2 Å². The third-order valence-corrected chi connectivity index (χ3v) is 11.8. The molecule has 0 saturated carbocycles. The van der Waals surface area contributed by atoms with Gasteiger partial charge in [0.2, 0.25) is 0 Å². The van der Waals surface area contributed by atoms with E-state index in [-0.39, 0.29) is 40.2 Å². The molecule has 5 aromatic carbocycles. The molecule has 3 aromatic heterocycles. The lowest BCUT2D eigenvalue weighted by molar-refractivity contribution is -0.274. The molecule has 8 aromatic rings. The van der Waals surface area contributed by atoms with Crippen molar-refractivity contribution >= 4 is 54.8 Å². The number of halogens is 3. The molecule has 0 bridgehead atoms. The first-order valence-electron chi connectivity index (χ1n) is 18.5. The Hall–Kier alpha value is -6.64. The molecule has 0 amide bonds. The van der Waals surface area contributed by atoms with Crippen LogP contribution in [-0.4, -0.2) is 38.8 Å². The standard InChI is InChI=1S/C30H24F3NO5S.C16H12O3S/c1-16(2)28-23(27(34-39-28)22-6-4-5-7-24(22)38-30(31,32)33)15-37-20-10-11-21(17(3)12-20)18-8-9-19-14-26(29(35)36)40-25(19)13-18;1-9-6-12(17)4-5-13(9)10-2-3-11-8-15(16(18)19)20-14(11)7-10/h4-14,16H,15H2,1-3H3,(H,35,36);2-8,17H,1H3,(H,18,19). The van der Waals surface area contributed by atoms with Crippen LogP contribution in [0.5, 0.6) is 17.2 Å². The number of aromatic hydroxyl groups is 1. The number of hydrogen-bond donors (Lipinski definition) is 3. The molecule has 0 atom stereocenters. The Morgan fingerprint density at radius 1 is 0.733 bits per heavy atom. The number of aryl methyl sites for hydroxylation is 2. The van der Waals surface area contributed by atoms with Crippen molar-refractivity contribution in [3.63, 3.8) is 0 Å². The number of alkyl halides is 3. The Kier molecular flexibility index (Phi) is 11.7. The number of para-hydroxylation sites is 1. The number of phenolic OH excluding ortho intramolecular Hbond substituents is 1. The van der Waals surface area contributed by atoms with Gasteiger partial charge in [0.05, 0.1) is 5.56 Å². The first kappa shape index (κ1) is 41.5. The monoisotopic (exact) mass is 851 g/mol. The van der Waals surface area contributed by atoms with Gasteiger partial charge in [0, 0.05) is 20.9 Å². The zero-order chi connectivity index (χ0) is 42.9. The van der Waals surface area contributed by atoms with Gasteiger partial charge in [0.1, 0.15) is 45.1 Å². The number of ether oxygens (including phenoxy) is 2. The summed E-state index contributed by atoms with van der Waals surface area (Å²) < 4.78 is 56.8. The minimum Gasteiger partial charge on any atom is -0.508 e. The molecule has 0 radical (unpaired) electrons. The molecular formula is C46H36F3NO8S2. The minimum atomic E-state index is -4.86. The molecule has 60 heavy (non-hydrogen) atoms. The number of rotatable bonds is 10. The van der Waals surface area contributed by atoms with Crippen LogP contribution < -0.4 is 9.47 Å². The number of thiophene rings is 2. The summed E-state index contributed by atoms with van der Waals surface area (Å²) in [5, 5.41) is 33.7. The summed E-state index contributed by atoms with van der Waals surface area (Å²) >= 11 is 2.50. The van der Waals surface area contributed by atoms with Gasteiger partial charge in [-0.3, -0.25) is 0 Å². The highest BCUT2D eigenvalue weighted by atomic mass is 32.1. The van der Waals surface area contributed by atoms with Gasteiger partial charge in [-0.1, -0.05) is 67.5 Å². The molecular weight excluding hydrogens is 816 g/mol. The summed E-state index contributed by atoms with van der Waals surface area (Å²) in [6.45, 7) is 7.70. The third kappa shape index (κ3) is 9.14. The second-order valence-electron chi connectivity index (χ2n) is 14.2. The van der Waals surface area contributed by atoms with E-state index in [9.17, 15) is 33.0 Å². The zero-order valence-corrected chi connectivity index (χ0v) is 34.1. The zero-order valence-electron chi connectivity index (χ0n) is 32.5. The van der Waals surface area contributed by atoms with Crippen molar-refractivity contribution in [2.24, 2.45) is 0 Å². The van der Waals surface area contributed by atoms with Crippen molar-refractivity contribution in [3.05, 3.63) is 141 Å². The smallest absolute Gasteiger partial charge is 0.508 e. The van der Waals surface area contributed by atoms with E-state index in [0.29, 0.717) is 22.0 Å². The van der Waals surface area contributed by atoms with Crippen LogP contribution in [0.3, 0.4) is 0 Å². The van der Waals surface area contributed by atoms with Crippen LogP contribution in [0.2, 0.25) is 0 Å². The van der Waals surface area contributed by atoms with E-state index < -0.39 is 18.3 Å². The van der Waals surface area contributed by atoms with E-state index in [0.717, 1.165) is 53.6 Å². The van der Waals surface area contributed by atoms with Crippen LogP contribution in [0.25, 0.3) is 53.7 Å². The molecule has 0 aliphatic heterocycles. The van der Waals surface area contributed by atoms with Gasteiger partial charge in [-0.2, -0.15) is 0 Å². The van der Waals surface area contributed by atoms with Crippen LogP contribution in [-0.2, 0) is 6.61 Å². The van der Waals surface area contributed by atoms with E-state index in [1.165, 1.54) is 40.9 Å². The van der Waals surface area contributed by atoms with E-state index in [2.05, 4.69) is 9.89 Å². The second-order valence-corrected chi connectivity index (χ2v) is 16.3. The number of hydrogen-bond acceptors (Lipinski definition) is 9. The van der Waals surface area contributed by atoms with Crippen molar-refractivity contribution in [1.29, 1.82) is 0 Å². The molecule has 8 rings (SSSR count). The summed E-state index contributed by atoms with van der Waals surface area (Å²) in [5.74, 6) is -0.992. The summed E-state index contributed by atoms with van der Waals surface area (Å²) in [6.07, 6.45) is -4.86. The fourth-order valence-corrected chi connectivity index (χ4v) is 8.67. The highest BCUT2D eigenvalue weighted by molar-refractivity contribution is 7.21. The van der Waals surface area contributed by atoms with Gasteiger partial charge in [-0.15, -0.1) is 35.8 Å². The van der Waals surface area contributed by atoms with E-state index in [4.69, 9.17) is 14.4 Å². The number of carboxylic acid groups (broad SMARTS) is 2. The molecule has 0 saturated heterocycles. The topological polar surface area (TPSA) is 139 Å². The average Bonchev–Trinajstić information content (AvgIpc) is 3.94. The summed E-state index contributed by atoms with van der Waals surface area (Å²) in [7, 11) is 0. The Balaban J connectivity index is 0.000000227. The Morgan fingerprint density at radius 2 is 1.30 bits per heavy atom. The largest absolute Gasteiger partial charge is 0.573 e. The fraction of sp³-hybridized carbons (Fsp3) is 0.152. The molecule has 0 aliphatic carbocycles. The minimum absolute atomic E-state index is 0.0185. The van der Waals surface area contributed by atoms with Gasteiger partial charge >= 0.3 is 18.3 Å². The number of nitrogens with zero attached hydrogens (tertiary/aromatic N) is 1. The van der Waals surface area contributed by atoms with Crippen LogP contribution in [0.1, 0.15) is 61.6 Å². The molecule has 0 unspecified atom stereocenters. The number of carbonyl (C=O) groups is 2. The van der Waals surface area contributed by atoms with E-state index >= 15 is 0 Å². The summed E-state index contributed by atoms with van der Waals surface area (Å²) in [5.41, 5.74) is 6.80. The van der Waals surface area contributed by atoms with Crippen molar-refractivity contribution in [1.82, 2.24) is 5.16 Å². The van der Waals surface area contributed by atoms with Gasteiger partial charge in [-0.25, -0.2) is 9.59 Å². The predicted octanol–water partition coefficient (Wildman–Crippen LogP) is 13.1. The molecule has 3 heterocycles. The van der Waals surface area contributed by atoms with Crippen molar-refractivity contribution in [2.75, 3.05) is 0 Å². The van der Waals surface area contributed by atoms with Crippen LogP contribution in [0, 0.1) is 13.8 Å². The average molecular weight is 852 g/mol. The SMILES string of the molecule is Cc1cc(O)ccc1-c1ccc2cc(C(=O)O)sc2c1.Cc1cc(OCc2c(-c3ccccc3OC(F)(F)F)noc2C(C)C)ccc1-c1ccc2cc(C(=O)O)sc2c1. The molecule has 14 heteroatoms. The molecule has 0 spiro atoms.